The van der Waals surface area contributed by atoms with Crippen molar-refractivity contribution >= 4 is 5.97 Å². The number of carboxylic acid groups (broad SMARTS) is 1. The molecule has 1 heterocycles. The normalized spacial score (nSPS) is 11.8. The Hall–Kier alpha value is -1.49. The van der Waals surface area contributed by atoms with E-state index in [1.54, 1.807) is 6.20 Å². The highest BCUT2D eigenvalue weighted by Gasteiger charge is 2.22. The van der Waals surface area contributed by atoms with Gasteiger partial charge in [-0.3, -0.25) is 14.7 Å². The summed E-state index contributed by atoms with van der Waals surface area (Å²) in [5, 5.41) is 8.74. The van der Waals surface area contributed by atoms with Crippen LogP contribution in [0.1, 0.15) is 32.8 Å². The third-order valence-electron chi connectivity index (χ3n) is 2.68. The molecule has 0 aromatic carbocycles. The van der Waals surface area contributed by atoms with Crippen LogP contribution in [0.5, 0.6) is 0 Å². The molecule has 0 radical (unpaired) electrons. The fourth-order valence-corrected chi connectivity index (χ4v) is 1.64. The Morgan fingerprint density at radius 1 is 1.44 bits per heavy atom. The second kappa shape index (κ2) is 5.91. The van der Waals surface area contributed by atoms with Gasteiger partial charge in [0.25, 0.3) is 0 Å². The van der Waals surface area contributed by atoms with Crippen LogP contribution in [-0.4, -0.2) is 33.0 Å². The Morgan fingerprint density at radius 2 is 2.11 bits per heavy atom. The highest BCUT2D eigenvalue weighted by Crippen LogP contribution is 2.17. The van der Waals surface area contributed by atoms with Crippen LogP contribution in [0.2, 0.25) is 0 Å². The van der Waals surface area contributed by atoms with Gasteiger partial charge in [0.05, 0.1) is 12.6 Å². The van der Waals surface area contributed by atoms with Crippen molar-refractivity contribution in [2.45, 2.75) is 39.3 Å². The molecule has 18 heavy (non-hydrogen) atoms. The fraction of sp³-hybridized carbons (Fsp3) is 0.538. The van der Waals surface area contributed by atoms with Gasteiger partial charge in [-0.25, -0.2) is 4.39 Å². The lowest BCUT2D eigenvalue weighted by Crippen LogP contribution is -2.42. The second-order valence-corrected chi connectivity index (χ2v) is 5.25. The number of nitrogens with zero attached hydrogens (tertiary/aromatic N) is 2. The number of aromatic nitrogens is 1. The number of halogens is 1. The lowest BCUT2D eigenvalue weighted by molar-refractivity contribution is -0.137. The van der Waals surface area contributed by atoms with E-state index in [0.29, 0.717) is 13.1 Å². The first-order valence-electron chi connectivity index (χ1n) is 5.85. The molecule has 0 atom stereocenters. The molecule has 0 fully saturated rings. The molecule has 0 aliphatic carbocycles. The standard InChI is InChI=1S/C13H19FN2O2/c1-13(2,3)16(5-4-12(17)18)9-10-6-11(14)8-15-7-10/h6-8H,4-5,9H2,1-3H3,(H,17,18). The van der Waals surface area contributed by atoms with Crippen molar-refractivity contribution in [1.29, 1.82) is 0 Å². The molecule has 0 amide bonds. The summed E-state index contributed by atoms with van der Waals surface area (Å²) in [6, 6.07) is 1.42. The van der Waals surface area contributed by atoms with Crippen LogP contribution in [-0.2, 0) is 11.3 Å². The Balaban J connectivity index is 2.75. The van der Waals surface area contributed by atoms with Crippen LogP contribution in [0.4, 0.5) is 4.39 Å². The van der Waals surface area contributed by atoms with Crippen LogP contribution < -0.4 is 0 Å². The summed E-state index contributed by atoms with van der Waals surface area (Å²) in [5.41, 5.74) is 0.567. The first-order chi connectivity index (χ1) is 8.29. The molecular weight excluding hydrogens is 235 g/mol. The number of hydrogen-bond donors (Lipinski definition) is 1. The molecule has 0 aliphatic rings. The van der Waals surface area contributed by atoms with Crippen molar-refractivity contribution in [3.05, 3.63) is 29.8 Å². The lowest BCUT2D eigenvalue weighted by Gasteiger charge is -2.35. The van der Waals surface area contributed by atoms with E-state index >= 15 is 0 Å². The van der Waals surface area contributed by atoms with Gasteiger partial charge in [0.1, 0.15) is 5.82 Å². The molecule has 1 N–H and O–H groups in total. The van der Waals surface area contributed by atoms with Gasteiger partial charge in [-0.15, -0.1) is 0 Å². The Labute approximate surface area is 106 Å². The van der Waals surface area contributed by atoms with E-state index in [-0.39, 0.29) is 17.8 Å². The molecule has 0 spiro atoms. The zero-order chi connectivity index (χ0) is 13.8. The van der Waals surface area contributed by atoms with E-state index in [2.05, 4.69) is 4.98 Å². The predicted octanol–water partition coefficient (Wildman–Crippen LogP) is 2.30. The summed E-state index contributed by atoms with van der Waals surface area (Å²) >= 11 is 0. The zero-order valence-corrected chi connectivity index (χ0v) is 11.0. The minimum Gasteiger partial charge on any atom is -0.481 e. The Kier molecular flexibility index (Phi) is 4.78. The summed E-state index contributed by atoms with van der Waals surface area (Å²) in [6.07, 6.45) is 2.82. The van der Waals surface area contributed by atoms with Crippen LogP contribution >= 0.6 is 0 Å². The van der Waals surface area contributed by atoms with Crippen molar-refractivity contribution in [2.75, 3.05) is 6.54 Å². The summed E-state index contributed by atoms with van der Waals surface area (Å²) in [6.45, 7) is 6.92. The summed E-state index contributed by atoms with van der Waals surface area (Å²) in [7, 11) is 0. The number of aliphatic carboxylic acids is 1. The van der Waals surface area contributed by atoms with Crippen molar-refractivity contribution in [2.24, 2.45) is 0 Å². The molecule has 0 bridgehead atoms. The van der Waals surface area contributed by atoms with Crippen molar-refractivity contribution in [3.8, 4) is 0 Å². The van der Waals surface area contributed by atoms with E-state index in [9.17, 15) is 9.18 Å². The van der Waals surface area contributed by atoms with Crippen LogP contribution in [0.25, 0.3) is 0 Å². The average Bonchev–Trinajstić information content (AvgIpc) is 2.22. The second-order valence-electron chi connectivity index (χ2n) is 5.25. The number of carboxylic acids is 1. The van der Waals surface area contributed by atoms with Gasteiger partial charge < -0.3 is 5.11 Å². The summed E-state index contributed by atoms with van der Waals surface area (Å²) < 4.78 is 13.1. The first-order valence-corrected chi connectivity index (χ1v) is 5.85. The van der Waals surface area contributed by atoms with Crippen molar-refractivity contribution in [3.63, 3.8) is 0 Å². The van der Waals surface area contributed by atoms with Gasteiger partial charge in [0, 0.05) is 24.8 Å². The molecule has 1 rings (SSSR count). The maximum Gasteiger partial charge on any atom is 0.304 e. The van der Waals surface area contributed by atoms with Gasteiger partial charge in [-0.2, -0.15) is 0 Å². The largest absolute Gasteiger partial charge is 0.481 e. The number of pyridine rings is 1. The van der Waals surface area contributed by atoms with Crippen LogP contribution in [0.3, 0.4) is 0 Å². The smallest absolute Gasteiger partial charge is 0.304 e. The highest BCUT2D eigenvalue weighted by molar-refractivity contribution is 5.66. The molecule has 5 heteroatoms. The van der Waals surface area contributed by atoms with E-state index in [1.165, 1.54) is 6.07 Å². The molecule has 100 valence electrons. The topological polar surface area (TPSA) is 53.4 Å². The SMILES string of the molecule is CC(C)(C)N(CCC(=O)O)Cc1cncc(F)c1. The van der Waals surface area contributed by atoms with Gasteiger partial charge >= 0.3 is 5.97 Å². The monoisotopic (exact) mass is 254 g/mol. The van der Waals surface area contributed by atoms with Crippen molar-refractivity contribution in [1.82, 2.24) is 9.88 Å². The highest BCUT2D eigenvalue weighted by atomic mass is 19.1. The maximum atomic E-state index is 13.1. The summed E-state index contributed by atoms with van der Waals surface area (Å²) in [5.74, 6) is -1.21. The first kappa shape index (κ1) is 14.6. The zero-order valence-electron chi connectivity index (χ0n) is 11.0. The molecule has 0 saturated carbocycles. The quantitative estimate of drug-likeness (QED) is 0.876. The molecule has 1 aromatic heterocycles. The van der Waals surface area contributed by atoms with Crippen LogP contribution in [0.15, 0.2) is 18.5 Å². The molecular formula is C13H19FN2O2. The Morgan fingerprint density at radius 3 is 2.61 bits per heavy atom. The van der Waals surface area contributed by atoms with Gasteiger partial charge in [0.15, 0.2) is 0 Å². The molecule has 1 aromatic rings. The lowest BCUT2D eigenvalue weighted by atomic mass is 10.0. The van der Waals surface area contributed by atoms with Gasteiger partial charge in [0.2, 0.25) is 0 Å². The number of rotatable bonds is 5. The molecule has 0 unspecified atom stereocenters. The third kappa shape index (κ3) is 4.79. The average molecular weight is 254 g/mol. The minimum atomic E-state index is -0.832. The number of carbonyl (C=O) groups is 1. The molecule has 4 nitrogen and oxygen atoms in total. The van der Waals surface area contributed by atoms with E-state index in [1.807, 2.05) is 25.7 Å². The van der Waals surface area contributed by atoms with E-state index in [0.717, 1.165) is 11.8 Å². The predicted molar refractivity (Wildman–Crippen MR) is 66.6 cm³/mol. The van der Waals surface area contributed by atoms with Crippen molar-refractivity contribution < 1.29 is 14.3 Å². The summed E-state index contributed by atoms with van der Waals surface area (Å²) in [4.78, 5) is 16.4. The van der Waals surface area contributed by atoms with Gasteiger partial charge in [-0.1, -0.05) is 0 Å². The molecule has 0 aliphatic heterocycles. The van der Waals surface area contributed by atoms with E-state index in [4.69, 9.17) is 5.11 Å². The third-order valence-corrected chi connectivity index (χ3v) is 2.68. The van der Waals surface area contributed by atoms with Crippen LogP contribution in [0, 0.1) is 5.82 Å². The Bertz CT molecular complexity index is 416. The van der Waals surface area contributed by atoms with E-state index < -0.39 is 5.97 Å². The maximum absolute atomic E-state index is 13.1. The number of hydrogen-bond acceptors (Lipinski definition) is 3. The minimum absolute atomic E-state index is 0.0695. The van der Waals surface area contributed by atoms with Gasteiger partial charge in [-0.05, 0) is 32.4 Å². The molecule has 0 saturated heterocycles. The fourth-order valence-electron chi connectivity index (χ4n) is 1.64.